The second kappa shape index (κ2) is 12.7. The largest absolute Gasteiger partial charge is 0.502 e. The van der Waals surface area contributed by atoms with E-state index >= 15 is 0 Å². The van der Waals surface area contributed by atoms with Gasteiger partial charge in [0.1, 0.15) is 24.0 Å². The normalized spacial score (nSPS) is 11.4. The van der Waals surface area contributed by atoms with Gasteiger partial charge in [-0.2, -0.15) is 0 Å². The monoisotopic (exact) mass is 590 g/mol. The molecular formula is C26H26N2O10S2. The molecule has 14 heteroatoms. The molecule has 0 saturated carbocycles. The van der Waals surface area contributed by atoms with E-state index in [-0.39, 0.29) is 34.4 Å². The van der Waals surface area contributed by atoms with E-state index in [4.69, 9.17) is 19.0 Å². The lowest BCUT2D eigenvalue weighted by Crippen LogP contribution is -2.23. The Balaban J connectivity index is 0.000000220. The summed E-state index contributed by atoms with van der Waals surface area (Å²) in [4.78, 5) is 22.6. The van der Waals surface area contributed by atoms with Crippen LogP contribution in [0.15, 0.2) is 101 Å². The topological polar surface area (TPSA) is 193 Å². The van der Waals surface area contributed by atoms with Crippen LogP contribution in [0.3, 0.4) is 0 Å². The highest BCUT2D eigenvalue weighted by atomic mass is 32.2. The van der Waals surface area contributed by atoms with Crippen LogP contribution < -0.4 is 20.3 Å². The molecule has 0 aliphatic heterocycles. The Labute approximate surface area is 229 Å². The Morgan fingerprint density at radius 2 is 0.950 bits per heavy atom. The average molecular weight is 591 g/mol. The molecule has 0 radical (unpaired) electrons. The molecule has 12 nitrogen and oxygen atoms in total. The molecule has 212 valence electrons. The molecule has 0 aliphatic rings. The lowest BCUT2D eigenvalue weighted by Gasteiger charge is -2.06. The van der Waals surface area contributed by atoms with E-state index in [9.17, 15) is 26.4 Å². The van der Waals surface area contributed by atoms with Crippen LogP contribution in [-0.4, -0.2) is 27.0 Å². The molecule has 0 spiro atoms. The Kier molecular flexibility index (Phi) is 9.65. The molecule has 2 aromatic heterocycles. The minimum Gasteiger partial charge on any atom is -0.502 e. The zero-order valence-corrected chi connectivity index (χ0v) is 23.0. The van der Waals surface area contributed by atoms with Crippen LogP contribution in [0.25, 0.3) is 0 Å². The first-order chi connectivity index (χ1) is 18.8. The van der Waals surface area contributed by atoms with Gasteiger partial charge in [0.2, 0.25) is 30.9 Å². The summed E-state index contributed by atoms with van der Waals surface area (Å²) in [6.45, 7) is 3.36. The molecule has 2 heterocycles. The summed E-state index contributed by atoms with van der Waals surface area (Å²) in [6.07, 6.45) is 1.75. The van der Waals surface area contributed by atoms with Crippen molar-refractivity contribution >= 4 is 20.0 Å². The van der Waals surface area contributed by atoms with E-state index in [0.717, 1.165) is 35.8 Å². The number of benzene rings is 2. The standard InChI is InChI=1S/2C13H13NO5S/c2*1-9-2-4-11(5-3-9)20(17,18)14-7-10-6-12(15)13(16)8-19-10/h2*2-6,8,14,16H,7H2,1H3. The average Bonchev–Trinajstić information content (AvgIpc) is 2.91. The zero-order chi connectivity index (χ0) is 29.5. The number of sulfonamides is 2. The lowest BCUT2D eigenvalue weighted by molar-refractivity contribution is 0.411. The fraction of sp³-hybridized carbons (Fsp3) is 0.154. The third-order valence-electron chi connectivity index (χ3n) is 5.27. The van der Waals surface area contributed by atoms with Crippen LogP contribution in [0.4, 0.5) is 0 Å². The SMILES string of the molecule is Cc1ccc(S(=O)(=O)NCc2cc(=O)c(O)co2)cc1.Cc1ccc(S(=O)(=O)NCc2cc(=O)c(O)co2)cc1. The summed E-state index contributed by atoms with van der Waals surface area (Å²) in [6, 6.07) is 14.8. The van der Waals surface area contributed by atoms with Gasteiger partial charge in [-0.1, -0.05) is 35.4 Å². The van der Waals surface area contributed by atoms with Crippen LogP contribution >= 0.6 is 0 Å². The first-order valence-electron chi connectivity index (χ1n) is 11.5. The molecule has 0 bridgehead atoms. The van der Waals surface area contributed by atoms with Crippen molar-refractivity contribution in [3.63, 3.8) is 0 Å². The Bertz CT molecular complexity index is 1660. The van der Waals surface area contributed by atoms with Gasteiger partial charge < -0.3 is 19.0 Å². The smallest absolute Gasteiger partial charge is 0.240 e. The number of hydrogen-bond donors (Lipinski definition) is 4. The fourth-order valence-corrected chi connectivity index (χ4v) is 4.99. The van der Waals surface area contributed by atoms with E-state index in [1.165, 1.54) is 24.3 Å². The first kappa shape index (κ1) is 30.3. The second-order valence-corrected chi connectivity index (χ2v) is 12.0. The van der Waals surface area contributed by atoms with E-state index in [2.05, 4.69) is 9.44 Å². The van der Waals surface area contributed by atoms with Crippen molar-refractivity contribution in [3.05, 3.63) is 116 Å². The minimum atomic E-state index is -3.67. The summed E-state index contributed by atoms with van der Waals surface area (Å²) >= 11 is 0. The van der Waals surface area contributed by atoms with Gasteiger partial charge in [-0.05, 0) is 38.1 Å². The van der Waals surface area contributed by atoms with Crippen molar-refractivity contribution < 1.29 is 35.9 Å². The molecule has 4 aromatic rings. The van der Waals surface area contributed by atoms with E-state index in [1.54, 1.807) is 24.3 Å². The number of nitrogens with one attached hydrogen (secondary N) is 2. The van der Waals surface area contributed by atoms with Gasteiger partial charge in [0.05, 0.1) is 22.9 Å². The molecule has 0 atom stereocenters. The third-order valence-corrected chi connectivity index (χ3v) is 8.10. The van der Waals surface area contributed by atoms with Crippen molar-refractivity contribution in [3.8, 4) is 11.5 Å². The number of rotatable bonds is 8. The zero-order valence-electron chi connectivity index (χ0n) is 21.3. The highest BCUT2D eigenvalue weighted by Gasteiger charge is 2.15. The van der Waals surface area contributed by atoms with Crippen LogP contribution in [0, 0.1) is 13.8 Å². The maximum absolute atomic E-state index is 12.0. The maximum Gasteiger partial charge on any atom is 0.240 e. The molecule has 0 amide bonds. The van der Waals surface area contributed by atoms with Crippen molar-refractivity contribution in [2.75, 3.05) is 0 Å². The third kappa shape index (κ3) is 8.38. The van der Waals surface area contributed by atoms with Gasteiger partial charge in [-0.15, -0.1) is 0 Å². The number of hydrogen-bond acceptors (Lipinski definition) is 10. The summed E-state index contributed by atoms with van der Waals surface area (Å²) in [5.41, 5.74) is 0.656. The minimum absolute atomic E-state index is 0.114. The summed E-state index contributed by atoms with van der Waals surface area (Å²) < 4.78 is 62.4. The molecule has 4 N–H and O–H groups in total. The number of aromatic hydroxyl groups is 2. The predicted octanol–water partition coefficient (Wildman–Crippen LogP) is 2.26. The molecule has 0 saturated heterocycles. The lowest BCUT2D eigenvalue weighted by atomic mass is 10.2. The molecule has 0 unspecified atom stereocenters. The Hall–Kier alpha value is -4.24. The quantitative estimate of drug-likeness (QED) is 0.236. The van der Waals surface area contributed by atoms with Gasteiger partial charge in [-0.3, -0.25) is 9.59 Å². The van der Waals surface area contributed by atoms with Crippen LogP contribution in [0.1, 0.15) is 22.6 Å². The van der Waals surface area contributed by atoms with Crippen LogP contribution in [0.2, 0.25) is 0 Å². The van der Waals surface area contributed by atoms with Crippen LogP contribution in [0.5, 0.6) is 11.5 Å². The van der Waals surface area contributed by atoms with Crippen molar-refractivity contribution in [1.29, 1.82) is 0 Å². The molecule has 2 aromatic carbocycles. The van der Waals surface area contributed by atoms with E-state index in [1.807, 2.05) is 13.8 Å². The Morgan fingerprint density at radius 1 is 0.625 bits per heavy atom. The van der Waals surface area contributed by atoms with Gasteiger partial charge in [0.25, 0.3) is 0 Å². The van der Waals surface area contributed by atoms with Crippen molar-refractivity contribution in [2.24, 2.45) is 0 Å². The number of aryl methyl sites for hydroxylation is 2. The predicted molar refractivity (Wildman–Crippen MR) is 144 cm³/mol. The fourth-order valence-electron chi connectivity index (χ4n) is 3.01. The van der Waals surface area contributed by atoms with Gasteiger partial charge in [0.15, 0.2) is 11.5 Å². The van der Waals surface area contributed by atoms with Crippen molar-refractivity contribution in [1.82, 2.24) is 9.44 Å². The molecular weight excluding hydrogens is 564 g/mol. The summed E-state index contributed by atoms with van der Waals surface area (Å²) in [7, 11) is -7.35. The van der Waals surface area contributed by atoms with E-state index in [0.29, 0.717) is 0 Å². The molecule has 40 heavy (non-hydrogen) atoms. The summed E-state index contributed by atoms with van der Waals surface area (Å²) in [5.74, 6) is -0.808. The second-order valence-electron chi connectivity index (χ2n) is 8.47. The molecule has 0 aliphatic carbocycles. The highest BCUT2D eigenvalue weighted by Crippen LogP contribution is 2.12. The summed E-state index contributed by atoms with van der Waals surface area (Å²) in [5, 5.41) is 18.1. The first-order valence-corrected chi connectivity index (χ1v) is 14.5. The van der Waals surface area contributed by atoms with Gasteiger partial charge in [-0.25, -0.2) is 26.3 Å². The van der Waals surface area contributed by atoms with Gasteiger partial charge >= 0.3 is 0 Å². The van der Waals surface area contributed by atoms with Crippen LogP contribution in [-0.2, 0) is 33.1 Å². The molecule has 0 fully saturated rings. The Morgan fingerprint density at radius 3 is 1.25 bits per heavy atom. The van der Waals surface area contributed by atoms with Gasteiger partial charge in [0, 0.05) is 12.1 Å². The maximum atomic E-state index is 12.0. The molecule has 4 rings (SSSR count). The van der Waals surface area contributed by atoms with E-state index < -0.39 is 42.4 Å². The highest BCUT2D eigenvalue weighted by molar-refractivity contribution is 7.89. The van der Waals surface area contributed by atoms with Crippen molar-refractivity contribution in [2.45, 2.75) is 36.7 Å².